The number of para-hydroxylation sites is 1. The van der Waals surface area contributed by atoms with Gasteiger partial charge in [0.25, 0.3) is 0 Å². The van der Waals surface area contributed by atoms with Crippen molar-refractivity contribution < 1.29 is 24.5 Å². The van der Waals surface area contributed by atoms with E-state index in [0.717, 1.165) is 27.8 Å². The Balaban J connectivity index is 1.89. The molecule has 0 aromatic heterocycles. The molecule has 31 heavy (non-hydrogen) atoms. The normalized spacial score (nSPS) is 11.8. The van der Waals surface area contributed by atoms with Gasteiger partial charge in [0.05, 0.1) is 25.7 Å². The first-order chi connectivity index (χ1) is 15.0. The van der Waals surface area contributed by atoms with Crippen LogP contribution in [0.1, 0.15) is 28.3 Å². The first-order valence-corrected chi connectivity index (χ1v) is 10.0. The summed E-state index contributed by atoms with van der Waals surface area (Å²) in [5, 5.41) is 18.5. The zero-order valence-electron chi connectivity index (χ0n) is 17.5. The summed E-state index contributed by atoms with van der Waals surface area (Å²) >= 11 is 0. The molecule has 0 heterocycles. The molecule has 0 saturated carbocycles. The molecule has 4 N–H and O–H groups in total. The number of nitrogens with two attached hydrogens (primary N) is 1. The standard InChI is InChI=1S/C25H27NO5/c1-30-15-17-9-18(16-31-24-8-3-2-5-21(24)13-25(28)29)11-22(10-17)19-6-4-7-20(12-19)23(26)14-27/h2-12,23,27H,13-16,26H2,1H3,(H,28,29)/t23-/m1/s1. The molecule has 1 atom stereocenters. The highest BCUT2D eigenvalue weighted by Crippen LogP contribution is 2.27. The van der Waals surface area contributed by atoms with E-state index in [-0.39, 0.29) is 19.6 Å². The van der Waals surface area contributed by atoms with E-state index >= 15 is 0 Å². The molecule has 0 fully saturated rings. The van der Waals surface area contributed by atoms with Crippen LogP contribution in [0.2, 0.25) is 0 Å². The van der Waals surface area contributed by atoms with Gasteiger partial charge in [0, 0.05) is 12.7 Å². The molecule has 0 bridgehead atoms. The molecule has 0 aliphatic heterocycles. The van der Waals surface area contributed by atoms with Gasteiger partial charge in [0.15, 0.2) is 0 Å². The molecule has 0 aliphatic rings. The van der Waals surface area contributed by atoms with Gasteiger partial charge in [0.2, 0.25) is 0 Å². The number of carbonyl (C=O) groups is 1. The number of aliphatic hydroxyl groups is 1. The van der Waals surface area contributed by atoms with Gasteiger partial charge in [-0.3, -0.25) is 4.79 Å². The number of aliphatic carboxylic acids is 1. The number of aliphatic hydroxyl groups excluding tert-OH is 1. The molecular formula is C25H27NO5. The molecule has 6 nitrogen and oxygen atoms in total. The Kier molecular flexibility index (Phi) is 7.78. The Morgan fingerprint density at radius 2 is 1.71 bits per heavy atom. The lowest BCUT2D eigenvalue weighted by Crippen LogP contribution is -2.14. The molecule has 0 saturated heterocycles. The smallest absolute Gasteiger partial charge is 0.307 e. The van der Waals surface area contributed by atoms with Crippen molar-refractivity contribution in [3.8, 4) is 16.9 Å². The Hall–Kier alpha value is -3.19. The van der Waals surface area contributed by atoms with Crippen molar-refractivity contribution in [2.24, 2.45) is 5.73 Å². The number of carboxylic acids is 1. The van der Waals surface area contributed by atoms with Crippen LogP contribution in [0, 0.1) is 0 Å². The third-order valence-corrected chi connectivity index (χ3v) is 4.92. The largest absolute Gasteiger partial charge is 0.489 e. The summed E-state index contributed by atoms with van der Waals surface area (Å²) in [4.78, 5) is 11.1. The Morgan fingerprint density at radius 1 is 0.968 bits per heavy atom. The summed E-state index contributed by atoms with van der Waals surface area (Å²) in [6.07, 6.45) is -0.0942. The van der Waals surface area contributed by atoms with Gasteiger partial charge >= 0.3 is 5.97 Å². The zero-order valence-corrected chi connectivity index (χ0v) is 17.5. The number of methoxy groups -OCH3 is 1. The van der Waals surface area contributed by atoms with Crippen LogP contribution in [0.3, 0.4) is 0 Å². The van der Waals surface area contributed by atoms with E-state index in [1.807, 2.05) is 42.5 Å². The maximum absolute atomic E-state index is 11.1. The number of benzene rings is 3. The van der Waals surface area contributed by atoms with E-state index in [1.54, 1.807) is 25.3 Å². The molecule has 0 amide bonds. The van der Waals surface area contributed by atoms with Crippen molar-refractivity contribution >= 4 is 5.97 Å². The van der Waals surface area contributed by atoms with E-state index in [9.17, 15) is 9.90 Å². The average molecular weight is 421 g/mol. The Morgan fingerprint density at radius 3 is 2.42 bits per heavy atom. The Bertz CT molecular complexity index is 1030. The third kappa shape index (κ3) is 6.15. The molecule has 3 rings (SSSR count). The molecule has 0 aliphatic carbocycles. The van der Waals surface area contributed by atoms with Gasteiger partial charge in [-0.15, -0.1) is 0 Å². The SMILES string of the molecule is COCc1cc(COc2ccccc2CC(=O)O)cc(-c2cccc([C@H](N)CO)c2)c1. The van der Waals surface area contributed by atoms with Crippen LogP contribution in [-0.2, 0) is 29.2 Å². The number of rotatable bonds is 10. The van der Waals surface area contributed by atoms with E-state index in [0.29, 0.717) is 17.9 Å². The molecule has 0 unspecified atom stereocenters. The number of carboxylic acid groups (broad SMARTS) is 1. The van der Waals surface area contributed by atoms with Crippen LogP contribution < -0.4 is 10.5 Å². The van der Waals surface area contributed by atoms with Crippen LogP contribution in [-0.4, -0.2) is 29.9 Å². The van der Waals surface area contributed by atoms with Crippen molar-refractivity contribution in [2.75, 3.05) is 13.7 Å². The van der Waals surface area contributed by atoms with Gasteiger partial charge in [0.1, 0.15) is 12.4 Å². The van der Waals surface area contributed by atoms with Crippen molar-refractivity contribution in [2.45, 2.75) is 25.7 Å². The van der Waals surface area contributed by atoms with Crippen molar-refractivity contribution in [3.05, 3.63) is 89.0 Å². The van der Waals surface area contributed by atoms with Crippen LogP contribution in [0.4, 0.5) is 0 Å². The fraction of sp³-hybridized carbons (Fsp3) is 0.240. The van der Waals surface area contributed by atoms with Gasteiger partial charge < -0.3 is 25.4 Å². The highest BCUT2D eigenvalue weighted by Gasteiger charge is 2.11. The molecule has 162 valence electrons. The Labute approximate surface area is 181 Å². The number of hydrogen-bond acceptors (Lipinski definition) is 5. The summed E-state index contributed by atoms with van der Waals surface area (Å²) in [5.41, 5.74) is 11.4. The summed E-state index contributed by atoms with van der Waals surface area (Å²) in [7, 11) is 1.64. The van der Waals surface area contributed by atoms with Crippen LogP contribution in [0.15, 0.2) is 66.7 Å². The lowest BCUT2D eigenvalue weighted by atomic mass is 9.97. The maximum atomic E-state index is 11.1. The molecule has 0 spiro atoms. The minimum atomic E-state index is -0.901. The summed E-state index contributed by atoms with van der Waals surface area (Å²) in [5.74, 6) is -0.346. The minimum Gasteiger partial charge on any atom is -0.489 e. The second kappa shape index (κ2) is 10.7. The summed E-state index contributed by atoms with van der Waals surface area (Å²) in [6.45, 7) is 0.616. The fourth-order valence-corrected chi connectivity index (χ4v) is 3.43. The lowest BCUT2D eigenvalue weighted by Gasteiger charge is -2.14. The highest BCUT2D eigenvalue weighted by atomic mass is 16.5. The molecular weight excluding hydrogens is 394 g/mol. The summed E-state index contributed by atoms with van der Waals surface area (Å²) < 4.78 is 11.3. The van der Waals surface area contributed by atoms with E-state index in [2.05, 4.69) is 6.07 Å². The van der Waals surface area contributed by atoms with Crippen molar-refractivity contribution in [3.63, 3.8) is 0 Å². The van der Waals surface area contributed by atoms with Crippen molar-refractivity contribution in [1.82, 2.24) is 0 Å². The topological polar surface area (TPSA) is 102 Å². The third-order valence-electron chi connectivity index (χ3n) is 4.92. The molecule has 6 heteroatoms. The van der Waals surface area contributed by atoms with E-state index in [1.165, 1.54) is 0 Å². The molecule has 3 aromatic carbocycles. The average Bonchev–Trinajstić information content (AvgIpc) is 2.78. The number of ether oxygens (including phenoxy) is 2. The van der Waals surface area contributed by atoms with Gasteiger partial charge in [-0.2, -0.15) is 0 Å². The van der Waals surface area contributed by atoms with Gasteiger partial charge in [-0.05, 0) is 52.1 Å². The predicted molar refractivity (Wildman–Crippen MR) is 119 cm³/mol. The van der Waals surface area contributed by atoms with E-state index < -0.39 is 12.0 Å². The zero-order chi connectivity index (χ0) is 22.2. The monoisotopic (exact) mass is 421 g/mol. The minimum absolute atomic E-state index is 0.0942. The van der Waals surface area contributed by atoms with E-state index in [4.69, 9.17) is 20.3 Å². The second-order valence-corrected chi connectivity index (χ2v) is 7.35. The van der Waals surface area contributed by atoms with Crippen molar-refractivity contribution in [1.29, 1.82) is 0 Å². The number of hydrogen-bond donors (Lipinski definition) is 3. The summed E-state index contributed by atoms with van der Waals surface area (Å²) in [6, 6.07) is 20.6. The first-order valence-electron chi connectivity index (χ1n) is 10.0. The van der Waals surface area contributed by atoms with Crippen LogP contribution in [0.25, 0.3) is 11.1 Å². The van der Waals surface area contributed by atoms with Gasteiger partial charge in [-0.1, -0.05) is 42.5 Å². The molecule has 0 radical (unpaired) electrons. The highest BCUT2D eigenvalue weighted by molar-refractivity contribution is 5.71. The lowest BCUT2D eigenvalue weighted by molar-refractivity contribution is -0.136. The first kappa shape index (κ1) is 22.5. The predicted octanol–water partition coefficient (Wildman–Crippen LogP) is 3.70. The molecule has 3 aromatic rings. The van der Waals surface area contributed by atoms with Crippen LogP contribution in [0.5, 0.6) is 5.75 Å². The fourth-order valence-electron chi connectivity index (χ4n) is 3.43. The maximum Gasteiger partial charge on any atom is 0.307 e. The second-order valence-electron chi connectivity index (χ2n) is 7.35. The quantitative estimate of drug-likeness (QED) is 0.461. The van der Waals surface area contributed by atoms with Gasteiger partial charge in [-0.25, -0.2) is 0 Å². The van der Waals surface area contributed by atoms with Crippen LogP contribution >= 0.6 is 0 Å².